The zero-order valence-corrected chi connectivity index (χ0v) is 14.4. The summed E-state index contributed by atoms with van der Waals surface area (Å²) >= 11 is 8.19. The summed E-state index contributed by atoms with van der Waals surface area (Å²) in [6, 6.07) is 4.31. The van der Waals surface area contributed by atoms with Gasteiger partial charge in [-0.2, -0.15) is 0 Å². The van der Waals surface area contributed by atoms with Crippen molar-refractivity contribution >= 4 is 22.9 Å². The third kappa shape index (κ3) is 3.14. The van der Waals surface area contributed by atoms with E-state index < -0.39 is 0 Å². The molecular formula is C17H21ClN2S. The first kappa shape index (κ1) is 15.0. The molecule has 0 radical (unpaired) electrons. The van der Waals surface area contributed by atoms with Gasteiger partial charge in [0.15, 0.2) is 5.82 Å². The third-order valence-corrected chi connectivity index (χ3v) is 5.77. The van der Waals surface area contributed by atoms with Crippen LogP contribution in [-0.2, 0) is 18.3 Å². The Morgan fingerprint density at radius 1 is 1.05 bits per heavy atom. The Bertz CT molecular complexity index is 655. The molecule has 0 bridgehead atoms. The number of halogens is 1. The zero-order valence-electron chi connectivity index (χ0n) is 12.9. The molecule has 2 aromatic rings. The molecule has 0 atom stereocenters. The molecule has 0 N–H and O–H groups in total. The molecule has 0 saturated carbocycles. The second-order valence-electron chi connectivity index (χ2n) is 6.74. The Balaban J connectivity index is 2.01. The van der Waals surface area contributed by atoms with Crippen molar-refractivity contribution in [1.29, 1.82) is 0 Å². The molecule has 21 heavy (non-hydrogen) atoms. The molecule has 3 rings (SSSR count). The quantitative estimate of drug-likeness (QED) is 0.517. The average Bonchev–Trinajstić information content (AvgIpc) is 2.79. The first-order valence-corrected chi connectivity index (χ1v) is 8.80. The summed E-state index contributed by atoms with van der Waals surface area (Å²) < 4.78 is 0. The maximum absolute atomic E-state index is 6.42. The fourth-order valence-electron chi connectivity index (χ4n) is 2.70. The fourth-order valence-corrected chi connectivity index (χ4v) is 3.98. The van der Waals surface area contributed by atoms with Crippen molar-refractivity contribution < 1.29 is 0 Å². The van der Waals surface area contributed by atoms with E-state index in [1.165, 1.54) is 29.7 Å². The lowest BCUT2D eigenvalue weighted by Crippen LogP contribution is -2.07. The van der Waals surface area contributed by atoms with E-state index in [1.54, 1.807) is 11.3 Å². The van der Waals surface area contributed by atoms with Gasteiger partial charge in [-0.05, 0) is 43.2 Å². The first-order valence-electron chi connectivity index (χ1n) is 7.61. The van der Waals surface area contributed by atoms with Gasteiger partial charge in [-0.25, -0.2) is 9.97 Å². The number of nitrogens with zero attached hydrogens (tertiary/aromatic N) is 2. The fraction of sp³-hybridized carbons (Fsp3) is 0.529. The molecule has 0 saturated heterocycles. The van der Waals surface area contributed by atoms with Crippen molar-refractivity contribution in [3.63, 3.8) is 0 Å². The molecule has 2 heterocycles. The Hall–Kier alpha value is -0.930. The van der Waals surface area contributed by atoms with Crippen LogP contribution in [0.2, 0.25) is 5.15 Å². The van der Waals surface area contributed by atoms with Gasteiger partial charge in [-0.3, -0.25) is 0 Å². The molecule has 1 aliphatic carbocycles. The van der Waals surface area contributed by atoms with Crippen LogP contribution in [0.15, 0.2) is 12.1 Å². The van der Waals surface area contributed by atoms with Crippen LogP contribution >= 0.6 is 22.9 Å². The van der Waals surface area contributed by atoms with E-state index in [0.717, 1.165) is 29.2 Å². The van der Waals surface area contributed by atoms with Crippen molar-refractivity contribution in [2.45, 2.75) is 58.3 Å². The monoisotopic (exact) mass is 320 g/mol. The zero-order chi connectivity index (χ0) is 15.0. The van der Waals surface area contributed by atoms with Crippen LogP contribution in [-0.4, -0.2) is 9.97 Å². The maximum atomic E-state index is 6.42. The summed E-state index contributed by atoms with van der Waals surface area (Å²) in [6.07, 6.45) is 5.71. The summed E-state index contributed by atoms with van der Waals surface area (Å²) in [5.74, 6) is 0.793. The van der Waals surface area contributed by atoms with Crippen molar-refractivity contribution in [2.24, 2.45) is 0 Å². The summed E-state index contributed by atoms with van der Waals surface area (Å²) in [7, 11) is 0. The number of hydrogen-bond acceptors (Lipinski definition) is 3. The maximum Gasteiger partial charge on any atom is 0.171 e. The largest absolute Gasteiger partial charge is 0.232 e. The number of aryl methyl sites for hydroxylation is 1. The lowest BCUT2D eigenvalue weighted by molar-refractivity contribution is 0.604. The van der Waals surface area contributed by atoms with E-state index in [0.29, 0.717) is 5.15 Å². The molecule has 0 spiro atoms. The summed E-state index contributed by atoms with van der Waals surface area (Å²) in [6.45, 7) is 6.69. The normalized spacial score (nSPS) is 15.6. The van der Waals surface area contributed by atoms with Gasteiger partial charge in [0.2, 0.25) is 0 Å². The predicted molar refractivity (Wildman–Crippen MR) is 90.3 cm³/mol. The summed E-state index contributed by atoms with van der Waals surface area (Å²) in [5, 5.41) is 0.655. The van der Waals surface area contributed by atoms with Crippen LogP contribution in [0, 0.1) is 0 Å². The van der Waals surface area contributed by atoms with Crippen LogP contribution in [0.3, 0.4) is 0 Å². The molecule has 0 unspecified atom stereocenters. The van der Waals surface area contributed by atoms with Crippen LogP contribution in [0.5, 0.6) is 0 Å². The van der Waals surface area contributed by atoms with E-state index >= 15 is 0 Å². The van der Waals surface area contributed by atoms with Crippen molar-refractivity contribution in [3.8, 4) is 10.7 Å². The Labute approximate surface area is 135 Å². The highest BCUT2D eigenvalue weighted by Crippen LogP contribution is 2.35. The van der Waals surface area contributed by atoms with Gasteiger partial charge in [0.05, 0.1) is 4.88 Å². The molecular weight excluding hydrogens is 300 g/mol. The summed E-state index contributed by atoms with van der Waals surface area (Å²) in [5.41, 5.74) is 2.50. The number of aromatic nitrogens is 2. The number of thiophene rings is 1. The lowest BCUT2D eigenvalue weighted by Gasteiger charge is -2.15. The molecule has 112 valence electrons. The van der Waals surface area contributed by atoms with Gasteiger partial charge >= 0.3 is 0 Å². The SMILES string of the molecule is CC(C)(C)c1ccc(-c2nc(Cl)c3c(n2)CCCCC3)s1. The van der Waals surface area contributed by atoms with Gasteiger partial charge in [0, 0.05) is 16.1 Å². The molecule has 1 aliphatic rings. The van der Waals surface area contributed by atoms with E-state index in [2.05, 4.69) is 37.9 Å². The number of fused-ring (bicyclic) bond motifs is 1. The molecule has 0 amide bonds. The van der Waals surface area contributed by atoms with E-state index in [9.17, 15) is 0 Å². The minimum absolute atomic E-state index is 0.165. The van der Waals surface area contributed by atoms with Crippen LogP contribution in [0.1, 0.15) is 56.2 Å². The highest BCUT2D eigenvalue weighted by molar-refractivity contribution is 7.15. The molecule has 2 nitrogen and oxygen atoms in total. The van der Waals surface area contributed by atoms with Crippen molar-refractivity contribution in [1.82, 2.24) is 9.97 Å². The molecule has 0 aromatic carbocycles. The molecule has 0 aliphatic heterocycles. The van der Waals surface area contributed by atoms with Gasteiger partial charge in [-0.15, -0.1) is 11.3 Å². The third-order valence-electron chi connectivity index (χ3n) is 3.95. The van der Waals surface area contributed by atoms with Crippen LogP contribution < -0.4 is 0 Å². The van der Waals surface area contributed by atoms with Gasteiger partial charge in [0.1, 0.15) is 5.15 Å². The smallest absolute Gasteiger partial charge is 0.171 e. The summed E-state index contributed by atoms with van der Waals surface area (Å²) in [4.78, 5) is 11.8. The van der Waals surface area contributed by atoms with Crippen LogP contribution in [0.25, 0.3) is 10.7 Å². The van der Waals surface area contributed by atoms with E-state index in [-0.39, 0.29) is 5.41 Å². The highest BCUT2D eigenvalue weighted by atomic mass is 35.5. The van der Waals surface area contributed by atoms with Gasteiger partial charge in [0.25, 0.3) is 0 Å². The van der Waals surface area contributed by atoms with E-state index in [1.807, 2.05) is 0 Å². The average molecular weight is 321 g/mol. The molecule has 2 aromatic heterocycles. The standard InChI is InChI=1S/C17H21ClN2S/c1-17(2,3)14-10-9-13(21-14)16-19-12-8-6-4-5-7-11(12)15(18)20-16/h9-10H,4-8H2,1-3H3. The minimum Gasteiger partial charge on any atom is -0.232 e. The number of rotatable bonds is 1. The first-order chi connectivity index (χ1) is 9.95. The van der Waals surface area contributed by atoms with Gasteiger partial charge < -0.3 is 0 Å². The Morgan fingerprint density at radius 3 is 2.52 bits per heavy atom. The Kier molecular flexibility index (Phi) is 4.06. The second kappa shape index (κ2) is 5.69. The minimum atomic E-state index is 0.165. The lowest BCUT2D eigenvalue weighted by atomic mass is 9.95. The molecule has 0 fully saturated rings. The number of hydrogen-bond donors (Lipinski definition) is 0. The topological polar surface area (TPSA) is 25.8 Å². The molecule has 4 heteroatoms. The predicted octanol–water partition coefficient (Wildman–Crippen LogP) is 5.42. The van der Waals surface area contributed by atoms with Crippen molar-refractivity contribution in [2.75, 3.05) is 0 Å². The van der Waals surface area contributed by atoms with Crippen molar-refractivity contribution in [3.05, 3.63) is 33.4 Å². The van der Waals surface area contributed by atoms with E-state index in [4.69, 9.17) is 16.6 Å². The Morgan fingerprint density at radius 2 is 1.81 bits per heavy atom. The highest BCUT2D eigenvalue weighted by Gasteiger charge is 2.20. The second-order valence-corrected chi connectivity index (χ2v) is 8.18. The van der Waals surface area contributed by atoms with Crippen LogP contribution in [0.4, 0.5) is 0 Å². The van der Waals surface area contributed by atoms with Gasteiger partial charge in [-0.1, -0.05) is 38.8 Å².